The molecule has 0 saturated heterocycles. The van der Waals surface area contributed by atoms with Crippen molar-refractivity contribution in [3.05, 3.63) is 53.1 Å². The van der Waals surface area contributed by atoms with Crippen molar-refractivity contribution in [1.29, 1.82) is 0 Å². The zero-order valence-electron chi connectivity index (χ0n) is 25.6. The average Bonchev–Trinajstić information content (AvgIpc) is 2.85. The maximum absolute atomic E-state index is 12.6. The van der Waals surface area contributed by atoms with E-state index in [2.05, 4.69) is 5.32 Å². The standard InChI is InChI=1S/C29H41ClNO9PS/c1-27(2,3)39-25(32)31-29(7,19-37-41(34,35-8)36-9)16-15-20-13-14-23(18-24(20)30)42-22-12-10-11-21(17-22)38-26(33)40-28(4,5)6/h10-14,17-18H,15-16,19H2,1-9H3,(H,31,32)/t29-/m0/s1. The van der Waals surface area contributed by atoms with Crippen LogP contribution in [0.1, 0.15) is 60.5 Å². The number of ether oxygens (including phenoxy) is 3. The monoisotopic (exact) mass is 645 g/mol. The molecule has 0 spiro atoms. The summed E-state index contributed by atoms with van der Waals surface area (Å²) in [5.74, 6) is 0.363. The Hall–Kier alpha value is -2.27. The van der Waals surface area contributed by atoms with E-state index in [-0.39, 0.29) is 6.61 Å². The number of hydrogen-bond donors (Lipinski definition) is 1. The van der Waals surface area contributed by atoms with Crippen LogP contribution in [-0.2, 0) is 34.0 Å². The Morgan fingerprint density at radius 1 is 0.905 bits per heavy atom. The molecule has 10 nitrogen and oxygen atoms in total. The molecule has 0 aromatic heterocycles. The lowest BCUT2D eigenvalue weighted by Gasteiger charge is -2.32. The van der Waals surface area contributed by atoms with Gasteiger partial charge in [-0.25, -0.2) is 14.2 Å². The number of phosphoric acid groups is 1. The molecular weight excluding hydrogens is 605 g/mol. The summed E-state index contributed by atoms with van der Waals surface area (Å²) in [5.41, 5.74) is -1.53. The summed E-state index contributed by atoms with van der Waals surface area (Å²) in [6.07, 6.45) is -0.587. The van der Waals surface area contributed by atoms with Crippen LogP contribution < -0.4 is 10.1 Å². The van der Waals surface area contributed by atoms with Crippen molar-refractivity contribution < 1.29 is 41.9 Å². The largest absolute Gasteiger partial charge is 0.514 e. The lowest BCUT2D eigenvalue weighted by molar-refractivity contribution is 0.0205. The first kappa shape index (κ1) is 35.9. The number of hydrogen-bond acceptors (Lipinski definition) is 10. The Labute approximate surface area is 257 Å². The minimum absolute atomic E-state index is 0.168. The number of nitrogens with one attached hydrogen (secondary N) is 1. The summed E-state index contributed by atoms with van der Waals surface area (Å²) < 4.78 is 43.6. The molecule has 0 aliphatic heterocycles. The van der Waals surface area contributed by atoms with Gasteiger partial charge in [0, 0.05) is 29.0 Å². The Kier molecular flexibility index (Phi) is 12.8. The number of carbonyl (C=O) groups is 2. The van der Waals surface area contributed by atoms with Gasteiger partial charge in [-0.15, -0.1) is 0 Å². The van der Waals surface area contributed by atoms with E-state index in [0.717, 1.165) is 15.4 Å². The maximum Gasteiger partial charge on any atom is 0.514 e. The van der Waals surface area contributed by atoms with E-state index in [9.17, 15) is 14.2 Å². The highest BCUT2D eigenvalue weighted by atomic mass is 35.5. The number of phosphoric ester groups is 1. The van der Waals surface area contributed by atoms with Crippen molar-refractivity contribution >= 4 is 43.4 Å². The summed E-state index contributed by atoms with van der Waals surface area (Å²) >= 11 is 8.10. The quantitative estimate of drug-likeness (QED) is 0.137. The molecule has 0 heterocycles. The topological polar surface area (TPSA) is 119 Å². The second-order valence-electron chi connectivity index (χ2n) is 11.7. The molecule has 0 aliphatic rings. The second kappa shape index (κ2) is 14.9. The second-order valence-corrected chi connectivity index (χ2v) is 15.1. The fraction of sp³-hybridized carbons (Fsp3) is 0.517. The van der Waals surface area contributed by atoms with Gasteiger partial charge < -0.3 is 19.5 Å². The number of aryl methyl sites for hydroxylation is 1. The normalized spacial score (nSPS) is 13.7. The number of benzene rings is 2. The summed E-state index contributed by atoms with van der Waals surface area (Å²) in [7, 11) is -1.35. The van der Waals surface area contributed by atoms with E-state index in [0.29, 0.717) is 23.6 Å². The molecule has 1 amide bonds. The lowest BCUT2D eigenvalue weighted by Crippen LogP contribution is -2.51. The highest BCUT2D eigenvalue weighted by Gasteiger charge is 2.34. The molecule has 2 aromatic carbocycles. The van der Waals surface area contributed by atoms with Gasteiger partial charge in [-0.3, -0.25) is 13.6 Å². The SMILES string of the molecule is COP(=O)(OC)OC[C@](C)(CCc1ccc(Sc2cccc(OC(=O)OC(C)(C)C)c2)cc1Cl)NC(=O)OC(C)(C)C. The zero-order valence-corrected chi connectivity index (χ0v) is 28.0. The first-order valence-corrected chi connectivity index (χ1v) is 15.8. The highest BCUT2D eigenvalue weighted by Crippen LogP contribution is 2.48. The predicted octanol–water partition coefficient (Wildman–Crippen LogP) is 8.44. The van der Waals surface area contributed by atoms with Gasteiger partial charge in [-0.05, 0) is 97.2 Å². The molecule has 2 rings (SSSR count). The summed E-state index contributed by atoms with van der Waals surface area (Å²) in [4.78, 5) is 26.3. The third kappa shape index (κ3) is 12.9. The van der Waals surface area contributed by atoms with Gasteiger partial charge in [-0.2, -0.15) is 0 Å². The van der Waals surface area contributed by atoms with Crippen LogP contribution in [0.25, 0.3) is 0 Å². The van der Waals surface area contributed by atoms with Crippen molar-refractivity contribution in [3.8, 4) is 5.75 Å². The van der Waals surface area contributed by atoms with Crippen molar-refractivity contribution in [1.82, 2.24) is 5.32 Å². The lowest BCUT2D eigenvalue weighted by atomic mass is 9.94. The van der Waals surface area contributed by atoms with Gasteiger partial charge in [0.15, 0.2) is 0 Å². The third-order valence-corrected chi connectivity index (χ3v) is 8.06. The van der Waals surface area contributed by atoms with Crippen LogP contribution in [0.4, 0.5) is 9.59 Å². The zero-order chi connectivity index (χ0) is 31.8. The van der Waals surface area contributed by atoms with E-state index in [1.807, 2.05) is 24.3 Å². The third-order valence-electron chi connectivity index (χ3n) is 5.39. The van der Waals surface area contributed by atoms with Crippen molar-refractivity contribution in [2.75, 3.05) is 20.8 Å². The van der Waals surface area contributed by atoms with Gasteiger partial charge in [0.05, 0.1) is 12.1 Å². The number of halogens is 1. The molecule has 0 radical (unpaired) electrons. The predicted molar refractivity (Wildman–Crippen MR) is 163 cm³/mol. The fourth-order valence-corrected chi connectivity index (χ4v) is 5.48. The molecule has 13 heteroatoms. The van der Waals surface area contributed by atoms with Crippen LogP contribution in [0.15, 0.2) is 52.3 Å². The van der Waals surface area contributed by atoms with E-state index in [4.69, 9.17) is 39.4 Å². The molecule has 42 heavy (non-hydrogen) atoms. The van der Waals surface area contributed by atoms with Gasteiger partial charge in [-0.1, -0.05) is 35.5 Å². The smallest absolute Gasteiger partial charge is 0.444 e. The molecule has 1 N–H and O–H groups in total. The number of rotatable bonds is 12. The van der Waals surface area contributed by atoms with Crippen molar-refractivity contribution in [2.24, 2.45) is 0 Å². The fourth-order valence-electron chi connectivity index (χ4n) is 3.43. The molecule has 0 unspecified atom stereocenters. The number of amides is 1. The summed E-state index contributed by atoms with van der Waals surface area (Å²) in [6.45, 7) is 12.1. The van der Waals surface area contributed by atoms with Crippen LogP contribution >= 0.6 is 31.2 Å². The van der Waals surface area contributed by atoms with Crippen LogP contribution in [-0.4, -0.2) is 49.8 Å². The average molecular weight is 646 g/mol. The molecule has 1 atom stereocenters. The Morgan fingerprint density at radius 2 is 1.52 bits per heavy atom. The molecule has 0 saturated carbocycles. The van der Waals surface area contributed by atoms with Crippen LogP contribution in [0.5, 0.6) is 5.75 Å². The number of carbonyl (C=O) groups excluding carboxylic acids is 2. The number of alkyl carbamates (subject to hydrolysis) is 1. The van der Waals surface area contributed by atoms with E-state index in [1.54, 1.807) is 66.7 Å². The minimum Gasteiger partial charge on any atom is -0.444 e. The maximum atomic E-state index is 12.6. The van der Waals surface area contributed by atoms with Crippen LogP contribution in [0, 0.1) is 0 Å². The minimum atomic E-state index is -3.78. The molecule has 234 valence electrons. The first-order valence-electron chi connectivity index (χ1n) is 13.2. The van der Waals surface area contributed by atoms with Crippen molar-refractivity contribution in [2.45, 2.75) is 87.8 Å². The van der Waals surface area contributed by atoms with E-state index < -0.39 is 36.8 Å². The van der Waals surface area contributed by atoms with Gasteiger partial charge >= 0.3 is 20.1 Å². The van der Waals surface area contributed by atoms with Gasteiger partial charge in [0.1, 0.15) is 17.0 Å². The Morgan fingerprint density at radius 3 is 2.10 bits per heavy atom. The molecular formula is C29H41ClNO9PS. The van der Waals surface area contributed by atoms with E-state index >= 15 is 0 Å². The van der Waals surface area contributed by atoms with E-state index in [1.165, 1.54) is 26.0 Å². The summed E-state index contributed by atoms with van der Waals surface area (Å²) in [6, 6.07) is 12.7. The Bertz CT molecular complexity index is 1270. The summed E-state index contributed by atoms with van der Waals surface area (Å²) in [5, 5.41) is 3.35. The highest BCUT2D eigenvalue weighted by molar-refractivity contribution is 7.99. The van der Waals surface area contributed by atoms with Gasteiger partial charge in [0.25, 0.3) is 0 Å². The molecule has 0 aliphatic carbocycles. The van der Waals surface area contributed by atoms with Crippen LogP contribution in [0.3, 0.4) is 0 Å². The first-order chi connectivity index (χ1) is 19.3. The molecule has 0 fully saturated rings. The van der Waals surface area contributed by atoms with Gasteiger partial charge in [0.2, 0.25) is 0 Å². The molecule has 2 aromatic rings. The van der Waals surface area contributed by atoms with Crippen molar-refractivity contribution in [3.63, 3.8) is 0 Å². The Balaban J connectivity index is 2.13. The molecule has 0 bridgehead atoms. The van der Waals surface area contributed by atoms with Crippen LogP contribution in [0.2, 0.25) is 5.02 Å².